The van der Waals surface area contributed by atoms with E-state index < -0.39 is 40.0 Å². The van der Waals surface area contributed by atoms with Gasteiger partial charge in [-0.05, 0) is 23.8 Å². The normalized spacial score (nSPS) is 11.4. The molecule has 2 rings (SSSR count). The molecular formula is C18H16F2N2O6. The monoisotopic (exact) mass is 394 g/mol. The van der Waals surface area contributed by atoms with Gasteiger partial charge in [0.2, 0.25) is 0 Å². The highest BCUT2D eigenvalue weighted by atomic mass is 19.2. The number of methoxy groups -OCH3 is 2. The number of nitrogens with one attached hydrogen (secondary N) is 1. The number of rotatable bonds is 7. The van der Waals surface area contributed by atoms with Gasteiger partial charge in [-0.3, -0.25) is 14.9 Å². The highest BCUT2D eigenvalue weighted by Crippen LogP contribution is 2.28. The van der Waals surface area contributed by atoms with Crippen LogP contribution < -0.4 is 10.1 Å². The fraction of sp³-hybridized carbons (Fsp3) is 0.222. The van der Waals surface area contributed by atoms with Gasteiger partial charge in [0, 0.05) is 12.5 Å². The second-order valence-corrected chi connectivity index (χ2v) is 5.62. The summed E-state index contributed by atoms with van der Waals surface area (Å²) in [6.07, 6.45) is -0.180. The van der Waals surface area contributed by atoms with Gasteiger partial charge in [0.1, 0.15) is 6.04 Å². The molecule has 8 nitrogen and oxygen atoms in total. The van der Waals surface area contributed by atoms with Crippen LogP contribution >= 0.6 is 0 Å². The molecule has 0 aromatic heterocycles. The van der Waals surface area contributed by atoms with Crippen molar-refractivity contribution in [1.82, 2.24) is 5.32 Å². The van der Waals surface area contributed by atoms with E-state index in [1.165, 1.54) is 25.3 Å². The summed E-state index contributed by atoms with van der Waals surface area (Å²) in [6, 6.07) is 5.76. The van der Waals surface area contributed by atoms with Crippen molar-refractivity contribution >= 4 is 17.6 Å². The lowest BCUT2D eigenvalue weighted by Gasteiger charge is -2.17. The second-order valence-electron chi connectivity index (χ2n) is 5.62. The third-order valence-electron chi connectivity index (χ3n) is 3.87. The Morgan fingerprint density at radius 3 is 2.54 bits per heavy atom. The third-order valence-corrected chi connectivity index (χ3v) is 3.87. The SMILES string of the molecule is COC(=O)[C@@H](Cc1ccc(OC)c([N+](=O)[O-])c1)NC(=O)c1cccc(F)c1F. The first kappa shape index (κ1) is 20.7. The molecule has 1 N–H and O–H groups in total. The van der Waals surface area contributed by atoms with Gasteiger partial charge in [0.25, 0.3) is 5.91 Å². The number of esters is 1. The van der Waals surface area contributed by atoms with E-state index in [-0.39, 0.29) is 17.9 Å². The van der Waals surface area contributed by atoms with Crippen LogP contribution in [0.1, 0.15) is 15.9 Å². The summed E-state index contributed by atoms with van der Waals surface area (Å²) in [6.45, 7) is 0. The molecule has 0 unspecified atom stereocenters. The molecule has 148 valence electrons. The number of nitro groups is 1. The van der Waals surface area contributed by atoms with Crippen LogP contribution in [-0.2, 0) is 16.0 Å². The molecule has 0 radical (unpaired) electrons. The van der Waals surface area contributed by atoms with E-state index in [9.17, 15) is 28.5 Å². The predicted molar refractivity (Wildman–Crippen MR) is 93.0 cm³/mol. The van der Waals surface area contributed by atoms with Gasteiger partial charge >= 0.3 is 11.7 Å². The highest BCUT2D eigenvalue weighted by molar-refractivity contribution is 5.97. The molecule has 28 heavy (non-hydrogen) atoms. The highest BCUT2D eigenvalue weighted by Gasteiger charge is 2.26. The maximum atomic E-state index is 13.8. The summed E-state index contributed by atoms with van der Waals surface area (Å²) >= 11 is 0. The Labute approximate surface area is 158 Å². The molecule has 0 aliphatic rings. The summed E-state index contributed by atoms with van der Waals surface area (Å²) in [5, 5.41) is 13.4. The quantitative estimate of drug-likeness (QED) is 0.439. The smallest absolute Gasteiger partial charge is 0.328 e. The average Bonchev–Trinajstić information content (AvgIpc) is 2.68. The van der Waals surface area contributed by atoms with Crippen LogP contribution in [0.3, 0.4) is 0 Å². The van der Waals surface area contributed by atoms with Crippen LogP contribution in [0.25, 0.3) is 0 Å². The summed E-state index contributed by atoms with van der Waals surface area (Å²) in [5.41, 5.74) is -0.594. The first-order valence-corrected chi connectivity index (χ1v) is 7.92. The van der Waals surface area contributed by atoms with Crippen LogP contribution in [0.2, 0.25) is 0 Å². The maximum absolute atomic E-state index is 13.8. The number of nitrogens with zero attached hydrogens (tertiary/aromatic N) is 1. The Balaban J connectivity index is 2.29. The molecule has 0 bridgehead atoms. The van der Waals surface area contributed by atoms with Crippen molar-refractivity contribution in [2.75, 3.05) is 14.2 Å². The third kappa shape index (κ3) is 4.58. The molecule has 2 aromatic rings. The lowest BCUT2D eigenvalue weighted by molar-refractivity contribution is -0.385. The number of hydrogen-bond donors (Lipinski definition) is 1. The Kier molecular flexibility index (Phi) is 6.59. The molecule has 0 spiro atoms. The summed E-state index contributed by atoms with van der Waals surface area (Å²) < 4.78 is 36.6. The molecule has 1 amide bonds. The number of benzene rings is 2. The molecule has 0 saturated carbocycles. The number of amides is 1. The molecule has 0 fully saturated rings. The Morgan fingerprint density at radius 1 is 1.21 bits per heavy atom. The zero-order valence-corrected chi connectivity index (χ0v) is 14.9. The van der Waals surface area contributed by atoms with Gasteiger partial charge in [0.15, 0.2) is 17.4 Å². The van der Waals surface area contributed by atoms with Crippen LogP contribution in [0.15, 0.2) is 36.4 Å². The molecular weight excluding hydrogens is 378 g/mol. The number of nitro benzene ring substituents is 1. The van der Waals surface area contributed by atoms with E-state index in [1.54, 1.807) is 0 Å². The zero-order valence-electron chi connectivity index (χ0n) is 14.9. The van der Waals surface area contributed by atoms with Crippen LogP contribution in [-0.4, -0.2) is 37.1 Å². The van der Waals surface area contributed by atoms with Gasteiger partial charge in [-0.1, -0.05) is 12.1 Å². The van der Waals surface area contributed by atoms with Gasteiger partial charge in [-0.25, -0.2) is 13.6 Å². The van der Waals surface area contributed by atoms with Crippen LogP contribution in [0.5, 0.6) is 5.75 Å². The fourth-order valence-corrected chi connectivity index (χ4v) is 2.49. The second kappa shape index (κ2) is 8.89. The minimum atomic E-state index is -1.36. The topological polar surface area (TPSA) is 108 Å². The van der Waals surface area contributed by atoms with Crippen molar-refractivity contribution in [2.45, 2.75) is 12.5 Å². The number of carbonyl (C=O) groups is 2. The lowest BCUT2D eigenvalue weighted by Crippen LogP contribution is -2.43. The van der Waals surface area contributed by atoms with E-state index >= 15 is 0 Å². The fourth-order valence-electron chi connectivity index (χ4n) is 2.49. The largest absolute Gasteiger partial charge is 0.490 e. The van der Waals surface area contributed by atoms with E-state index in [2.05, 4.69) is 10.1 Å². The van der Waals surface area contributed by atoms with Crippen molar-refractivity contribution in [3.05, 3.63) is 69.3 Å². The number of carbonyl (C=O) groups excluding carboxylic acids is 2. The van der Waals surface area contributed by atoms with Crippen molar-refractivity contribution in [1.29, 1.82) is 0 Å². The molecule has 10 heteroatoms. The first-order valence-electron chi connectivity index (χ1n) is 7.92. The summed E-state index contributed by atoms with van der Waals surface area (Å²) in [5.74, 6) is -4.44. The molecule has 0 heterocycles. The molecule has 1 atom stereocenters. The maximum Gasteiger partial charge on any atom is 0.328 e. The van der Waals surface area contributed by atoms with E-state index in [0.717, 1.165) is 25.3 Å². The van der Waals surface area contributed by atoms with Crippen LogP contribution in [0, 0.1) is 21.7 Å². The van der Waals surface area contributed by atoms with E-state index in [0.29, 0.717) is 5.56 Å². The minimum absolute atomic E-state index is 0.0224. The summed E-state index contributed by atoms with van der Waals surface area (Å²) in [4.78, 5) is 34.7. The number of ether oxygens (including phenoxy) is 2. The average molecular weight is 394 g/mol. The van der Waals surface area contributed by atoms with Crippen molar-refractivity contribution in [3.8, 4) is 5.75 Å². The van der Waals surface area contributed by atoms with Crippen LogP contribution in [0.4, 0.5) is 14.5 Å². The van der Waals surface area contributed by atoms with Crippen molar-refractivity contribution in [3.63, 3.8) is 0 Å². The first-order chi connectivity index (χ1) is 13.3. The van der Waals surface area contributed by atoms with Gasteiger partial charge < -0.3 is 14.8 Å². The standard InChI is InChI=1S/C18H16F2N2O6/c1-27-15-7-6-10(9-14(15)22(25)26)8-13(18(24)28-2)21-17(23)11-4-3-5-12(19)16(11)20/h3-7,9,13H,8H2,1-2H3,(H,21,23)/t13-/m1/s1. The van der Waals surface area contributed by atoms with E-state index in [4.69, 9.17) is 4.74 Å². The Hall–Kier alpha value is -3.56. The Morgan fingerprint density at radius 2 is 1.93 bits per heavy atom. The summed E-state index contributed by atoms with van der Waals surface area (Å²) in [7, 11) is 2.35. The molecule has 0 saturated heterocycles. The van der Waals surface area contributed by atoms with Crippen molar-refractivity contribution < 1.29 is 32.8 Å². The van der Waals surface area contributed by atoms with E-state index in [1.807, 2.05) is 0 Å². The van der Waals surface area contributed by atoms with Gasteiger partial charge in [0.05, 0.1) is 24.7 Å². The zero-order chi connectivity index (χ0) is 20.8. The Bertz CT molecular complexity index is 919. The number of hydrogen-bond acceptors (Lipinski definition) is 6. The predicted octanol–water partition coefficient (Wildman–Crippen LogP) is 2.40. The minimum Gasteiger partial charge on any atom is -0.490 e. The van der Waals surface area contributed by atoms with Gasteiger partial charge in [-0.15, -0.1) is 0 Å². The molecule has 2 aromatic carbocycles. The molecule has 0 aliphatic heterocycles. The van der Waals surface area contributed by atoms with Gasteiger partial charge in [-0.2, -0.15) is 0 Å². The lowest BCUT2D eigenvalue weighted by atomic mass is 10.0. The number of halogens is 2. The molecule has 0 aliphatic carbocycles. The van der Waals surface area contributed by atoms with Crippen molar-refractivity contribution in [2.24, 2.45) is 0 Å².